The molecule has 6 nitrogen and oxygen atoms in total. The molecule has 0 bridgehead atoms. The van der Waals surface area contributed by atoms with Gasteiger partial charge in [0.25, 0.3) is 0 Å². The van der Waals surface area contributed by atoms with Gasteiger partial charge in [0.15, 0.2) is 0 Å². The lowest BCUT2D eigenvalue weighted by Crippen LogP contribution is -2.41. The molecule has 0 aliphatic rings. The van der Waals surface area contributed by atoms with Crippen LogP contribution in [0.2, 0.25) is 0 Å². The normalized spacial score (nSPS) is 13.4. The Balaban J connectivity index is 3.14. The summed E-state index contributed by atoms with van der Waals surface area (Å²) >= 11 is 3.26. The van der Waals surface area contributed by atoms with Crippen LogP contribution in [0.4, 0.5) is 5.82 Å². The van der Waals surface area contributed by atoms with Gasteiger partial charge in [0.05, 0.1) is 6.61 Å². The van der Waals surface area contributed by atoms with Crippen LogP contribution >= 0.6 is 15.9 Å². The first-order valence-electron chi connectivity index (χ1n) is 6.72. The lowest BCUT2D eigenvalue weighted by atomic mass is 10.1. The minimum absolute atomic E-state index is 0.113. The molecule has 0 saturated heterocycles. The Kier molecular flexibility index (Phi) is 7.05. The zero-order chi connectivity index (χ0) is 16.0. The first kappa shape index (κ1) is 18.3. The molecule has 1 heterocycles. The molecule has 0 aliphatic heterocycles. The van der Waals surface area contributed by atoms with Crippen molar-refractivity contribution in [2.24, 2.45) is 5.92 Å². The Hall–Kier alpha value is -0.700. The van der Waals surface area contributed by atoms with Gasteiger partial charge in [-0.1, -0.05) is 13.8 Å². The monoisotopic (exact) mass is 379 g/mol. The Labute approximate surface area is 134 Å². The molecule has 1 aromatic rings. The van der Waals surface area contributed by atoms with Crippen LogP contribution in [-0.2, 0) is 14.8 Å². The second-order valence-electron chi connectivity index (χ2n) is 4.96. The molecule has 21 heavy (non-hydrogen) atoms. The smallest absolute Gasteiger partial charge is 0.244 e. The summed E-state index contributed by atoms with van der Waals surface area (Å²) in [6.07, 6.45) is 1.56. The number of ether oxygens (including phenoxy) is 1. The van der Waals surface area contributed by atoms with Crippen LogP contribution in [0.15, 0.2) is 21.6 Å². The number of aromatic nitrogens is 1. The molecular formula is C13H22BrN3O3S. The average Bonchev–Trinajstić information content (AvgIpc) is 2.40. The Morgan fingerprint density at radius 2 is 2.10 bits per heavy atom. The third kappa shape index (κ3) is 5.21. The molecular weight excluding hydrogens is 358 g/mol. The molecule has 0 radical (unpaired) electrons. The molecule has 0 spiro atoms. The summed E-state index contributed by atoms with van der Waals surface area (Å²) in [5, 5.41) is 2.96. The van der Waals surface area contributed by atoms with Crippen LogP contribution in [0.5, 0.6) is 0 Å². The topological polar surface area (TPSA) is 80.3 Å². The minimum atomic E-state index is -3.69. The van der Waals surface area contributed by atoms with E-state index in [4.69, 9.17) is 4.74 Å². The molecule has 0 aliphatic carbocycles. The number of pyridine rings is 1. The summed E-state index contributed by atoms with van der Waals surface area (Å²) in [4.78, 5) is 4.25. The van der Waals surface area contributed by atoms with Gasteiger partial charge < -0.3 is 10.1 Å². The van der Waals surface area contributed by atoms with Crippen molar-refractivity contribution in [3.05, 3.63) is 16.7 Å². The van der Waals surface area contributed by atoms with Gasteiger partial charge >= 0.3 is 0 Å². The van der Waals surface area contributed by atoms with E-state index < -0.39 is 10.0 Å². The Morgan fingerprint density at radius 3 is 2.62 bits per heavy atom. The van der Waals surface area contributed by atoms with Gasteiger partial charge in [-0.2, -0.15) is 0 Å². The zero-order valence-corrected chi connectivity index (χ0v) is 15.1. The molecule has 8 heteroatoms. The number of sulfonamides is 1. The third-order valence-electron chi connectivity index (χ3n) is 2.91. The molecule has 1 aromatic heterocycles. The highest BCUT2D eigenvalue weighted by atomic mass is 79.9. The summed E-state index contributed by atoms with van der Waals surface area (Å²) in [7, 11) is -2.14. The van der Waals surface area contributed by atoms with E-state index >= 15 is 0 Å². The van der Waals surface area contributed by atoms with Crippen LogP contribution in [0, 0.1) is 5.92 Å². The first-order chi connectivity index (χ1) is 9.81. The first-order valence-corrected chi connectivity index (χ1v) is 9.00. The fraction of sp³-hybridized carbons (Fsp3) is 0.615. The maximum Gasteiger partial charge on any atom is 0.244 e. The highest BCUT2D eigenvalue weighted by Crippen LogP contribution is 2.23. The lowest BCUT2D eigenvalue weighted by molar-refractivity contribution is 0.157. The van der Waals surface area contributed by atoms with Gasteiger partial charge in [-0.25, -0.2) is 18.1 Å². The summed E-state index contributed by atoms with van der Waals surface area (Å²) in [6, 6.07) is 1.24. The molecule has 0 saturated carbocycles. The van der Waals surface area contributed by atoms with Crippen LogP contribution in [0.3, 0.4) is 0 Å². The van der Waals surface area contributed by atoms with Crippen molar-refractivity contribution in [2.45, 2.75) is 31.7 Å². The second-order valence-corrected chi connectivity index (χ2v) is 7.56. The van der Waals surface area contributed by atoms with E-state index in [2.05, 4.69) is 31.0 Å². The highest BCUT2D eigenvalue weighted by Gasteiger charge is 2.25. The van der Waals surface area contributed by atoms with Crippen LogP contribution in [-0.4, -0.2) is 39.7 Å². The second kappa shape index (κ2) is 8.07. The number of hydrogen-bond donors (Lipinski definition) is 2. The summed E-state index contributed by atoms with van der Waals surface area (Å²) < 4.78 is 33.6. The molecule has 0 fully saturated rings. The van der Waals surface area contributed by atoms with E-state index in [-0.39, 0.29) is 16.9 Å². The molecule has 1 rings (SSSR count). The minimum Gasteiger partial charge on any atom is -0.383 e. The van der Waals surface area contributed by atoms with Gasteiger partial charge in [-0.3, -0.25) is 0 Å². The van der Waals surface area contributed by atoms with E-state index in [1.165, 1.54) is 6.07 Å². The van der Waals surface area contributed by atoms with E-state index in [1.54, 1.807) is 13.3 Å². The maximum absolute atomic E-state index is 12.6. The standard InChI is InChI=1S/C13H22BrN3O3S/c1-5-15-13-12(6-10(14)7-16-13)21(18,19)17-11(8-20-4)9(2)3/h6-7,9,11,17H,5,8H2,1-4H3,(H,15,16). The number of nitrogens with zero attached hydrogens (tertiary/aromatic N) is 1. The van der Waals surface area contributed by atoms with Crippen LogP contribution in [0.25, 0.3) is 0 Å². The summed E-state index contributed by atoms with van der Waals surface area (Å²) in [5.41, 5.74) is 0. The zero-order valence-electron chi connectivity index (χ0n) is 12.7. The Bertz CT molecular complexity index is 564. The number of anilines is 1. The lowest BCUT2D eigenvalue weighted by Gasteiger charge is -2.22. The molecule has 120 valence electrons. The van der Waals surface area contributed by atoms with E-state index in [0.29, 0.717) is 23.4 Å². The molecule has 0 aromatic carbocycles. The predicted octanol–water partition coefficient (Wildman–Crippen LogP) is 2.23. The van der Waals surface area contributed by atoms with Crippen molar-refractivity contribution in [1.82, 2.24) is 9.71 Å². The molecule has 1 atom stereocenters. The van der Waals surface area contributed by atoms with Gasteiger partial charge in [0.1, 0.15) is 10.7 Å². The highest BCUT2D eigenvalue weighted by molar-refractivity contribution is 9.10. The fourth-order valence-corrected chi connectivity index (χ4v) is 3.74. The molecule has 0 amide bonds. The van der Waals surface area contributed by atoms with Crippen molar-refractivity contribution in [2.75, 3.05) is 25.6 Å². The van der Waals surface area contributed by atoms with Gasteiger partial charge in [0, 0.05) is 30.4 Å². The maximum atomic E-state index is 12.6. The van der Waals surface area contributed by atoms with Gasteiger partial charge in [-0.05, 0) is 34.8 Å². The molecule has 1 unspecified atom stereocenters. The number of nitrogens with one attached hydrogen (secondary N) is 2. The summed E-state index contributed by atoms with van der Waals surface area (Å²) in [5.74, 6) is 0.454. The fourth-order valence-electron chi connectivity index (χ4n) is 1.73. The van der Waals surface area contributed by atoms with Crippen molar-refractivity contribution < 1.29 is 13.2 Å². The van der Waals surface area contributed by atoms with E-state index in [1.807, 2.05) is 20.8 Å². The number of halogens is 1. The largest absolute Gasteiger partial charge is 0.383 e. The Morgan fingerprint density at radius 1 is 1.43 bits per heavy atom. The summed E-state index contributed by atoms with van der Waals surface area (Å²) in [6.45, 7) is 6.67. The van der Waals surface area contributed by atoms with Crippen molar-refractivity contribution >= 4 is 31.8 Å². The third-order valence-corrected chi connectivity index (χ3v) is 4.85. The SMILES string of the molecule is CCNc1ncc(Br)cc1S(=O)(=O)NC(COC)C(C)C. The van der Waals surface area contributed by atoms with Crippen molar-refractivity contribution in [3.8, 4) is 0 Å². The molecule has 2 N–H and O–H groups in total. The average molecular weight is 380 g/mol. The number of methoxy groups -OCH3 is 1. The van der Waals surface area contributed by atoms with Crippen molar-refractivity contribution in [3.63, 3.8) is 0 Å². The van der Waals surface area contributed by atoms with Crippen molar-refractivity contribution in [1.29, 1.82) is 0 Å². The number of hydrogen-bond acceptors (Lipinski definition) is 5. The van der Waals surface area contributed by atoms with Crippen LogP contribution in [0.1, 0.15) is 20.8 Å². The van der Waals surface area contributed by atoms with Gasteiger partial charge in [0.2, 0.25) is 10.0 Å². The number of rotatable bonds is 8. The van der Waals surface area contributed by atoms with E-state index in [9.17, 15) is 8.42 Å². The predicted molar refractivity (Wildman–Crippen MR) is 86.9 cm³/mol. The quantitative estimate of drug-likeness (QED) is 0.723. The van der Waals surface area contributed by atoms with E-state index in [0.717, 1.165) is 0 Å². The van der Waals surface area contributed by atoms with Gasteiger partial charge in [-0.15, -0.1) is 0 Å². The van der Waals surface area contributed by atoms with Crippen LogP contribution < -0.4 is 10.0 Å².